The molecule has 0 aliphatic heterocycles. The number of hydrogen-bond acceptors (Lipinski definition) is 6. The molecule has 0 saturated heterocycles. The van der Waals surface area contributed by atoms with Gasteiger partial charge in [-0.05, 0) is 96.3 Å². The molecule has 0 rings (SSSR count). The Morgan fingerprint density at radius 1 is 0.296 bits per heavy atom. The number of ether oxygens (including phenoxy) is 3. The van der Waals surface area contributed by atoms with Crippen LogP contribution in [-0.4, -0.2) is 37.2 Å². The van der Waals surface area contributed by atoms with Crippen LogP contribution in [-0.2, 0) is 28.6 Å². The molecule has 0 spiro atoms. The third kappa shape index (κ3) is 57.4. The van der Waals surface area contributed by atoms with Crippen LogP contribution in [0.5, 0.6) is 0 Å². The molecule has 6 nitrogen and oxygen atoms in total. The van der Waals surface area contributed by atoms with Gasteiger partial charge in [0.25, 0.3) is 0 Å². The normalized spacial score (nSPS) is 12.7. The second kappa shape index (κ2) is 59.2. The molecule has 0 bridgehead atoms. The number of allylic oxidation sites excluding steroid dienone is 14. The van der Waals surface area contributed by atoms with E-state index < -0.39 is 6.10 Å². The first-order valence-electron chi connectivity index (χ1n) is 30.1. The highest BCUT2D eigenvalue weighted by molar-refractivity contribution is 5.71. The Morgan fingerprint density at radius 3 is 0.901 bits per heavy atom. The summed E-state index contributed by atoms with van der Waals surface area (Å²) in [4.78, 5) is 38.2. The first-order valence-corrected chi connectivity index (χ1v) is 30.1. The van der Waals surface area contributed by atoms with E-state index in [1.165, 1.54) is 148 Å². The van der Waals surface area contributed by atoms with E-state index in [1.54, 1.807) is 0 Å². The zero-order valence-electron chi connectivity index (χ0n) is 46.7. The monoisotopic (exact) mass is 989 g/mol. The van der Waals surface area contributed by atoms with Crippen molar-refractivity contribution < 1.29 is 28.6 Å². The van der Waals surface area contributed by atoms with Crippen molar-refractivity contribution in [2.75, 3.05) is 13.2 Å². The van der Waals surface area contributed by atoms with Crippen LogP contribution in [0.15, 0.2) is 85.1 Å². The second-order valence-corrected chi connectivity index (χ2v) is 19.9. The first-order chi connectivity index (χ1) is 35.0. The van der Waals surface area contributed by atoms with Gasteiger partial charge in [-0.2, -0.15) is 0 Å². The van der Waals surface area contributed by atoms with Gasteiger partial charge in [0, 0.05) is 19.3 Å². The fourth-order valence-corrected chi connectivity index (χ4v) is 8.38. The molecule has 408 valence electrons. The molecule has 0 aromatic rings. The third-order valence-corrected chi connectivity index (χ3v) is 12.9. The number of carbonyl (C=O) groups excluding carboxylic acids is 3. The summed E-state index contributed by atoms with van der Waals surface area (Å²) < 4.78 is 16.9. The van der Waals surface area contributed by atoms with Crippen molar-refractivity contribution in [3.8, 4) is 0 Å². The van der Waals surface area contributed by atoms with Gasteiger partial charge in [-0.1, -0.05) is 260 Å². The van der Waals surface area contributed by atoms with Crippen LogP contribution in [0.2, 0.25) is 0 Å². The van der Waals surface area contributed by atoms with Gasteiger partial charge in [-0.25, -0.2) is 0 Å². The van der Waals surface area contributed by atoms with Crippen LogP contribution in [0.4, 0.5) is 0 Å². The molecule has 0 aromatic carbocycles. The summed E-state index contributed by atoms with van der Waals surface area (Å²) in [7, 11) is 0. The van der Waals surface area contributed by atoms with Gasteiger partial charge in [0.05, 0.1) is 0 Å². The predicted molar refractivity (Wildman–Crippen MR) is 307 cm³/mol. The average Bonchev–Trinajstić information content (AvgIpc) is 3.37. The standard InChI is InChI=1S/C65H112O6/c1-4-7-10-13-16-19-22-25-28-30-32-34-37-40-43-46-49-52-55-58-64(67)70-61-62(60-69-63(66)57-54-51-48-45-42-39-36-27-24-21-18-15-12-9-6-3)71-65(68)59-56-53-50-47-44-41-38-35-33-31-29-26-23-20-17-14-11-8-5-2/h8,11,16-17,19-20,25-26,28-29,33,35,41,44,62H,4-7,9-10,12-15,18,21-24,27,30-32,34,36-40,42-43,45-61H2,1-3H3/b11-8-,19-16-,20-17-,28-25-,29-26-,35-33-,44-41-/t62-/m0/s1. The lowest BCUT2D eigenvalue weighted by Crippen LogP contribution is -2.30. The van der Waals surface area contributed by atoms with E-state index in [4.69, 9.17) is 14.2 Å². The van der Waals surface area contributed by atoms with Gasteiger partial charge >= 0.3 is 17.9 Å². The molecule has 0 N–H and O–H groups in total. The molecule has 71 heavy (non-hydrogen) atoms. The van der Waals surface area contributed by atoms with Crippen LogP contribution in [0, 0.1) is 0 Å². The number of unbranched alkanes of at least 4 members (excludes halogenated alkanes) is 29. The van der Waals surface area contributed by atoms with E-state index >= 15 is 0 Å². The summed E-state index contributed by atoms with van der Waals surface area (Å²) in [5.74, 6) is -0.916. The molecule has 0 aliphatic rings. The van der Waals surface area contributed by atoms with Crippen molar-refractivity contribution in [2.45, 2.75) is 297 Å². The number of hydrogen-bond donors (Lipinski definition) is 0. The van der Waals surface area contributed by atoms with E-state index in [9.17, 15) is 14.4 Å². The Bertz CT molecular complexity index is 1370. The molecule has 0 saturated carbocycles. The van der Waals surface area contributed by atoms with Crippen LogP contribution >= 0.6 is 0 Å². The Hall–Kier alpha value is -3.41. The summed E-state index contributed by atoms with van der Waals surface area (Å²) in [5.41, 5.74) is 0. The number of carbonyl (C=O) groups is 3. The smallest absolute Gasteiger partial charge is 0.306 e. The quantitative estimate of drug-likeness (QED) is 0.0261. The Kier molecular flexibility index (Phi) is 56.3. The highest BCUT2D eigenvalue weighted by Crippen LogP contribution is 2.16. The SMILES string of the molecule is CC/C=C\C/C=C\C/C=C\C/C=C\C/C=C\CCCCCC(=O)O[C@H](COC(=O)CCCCCCCCCCC/C=C\C/C=C\CCCCC)COC(=O)CCCCCCCCCCCCCCCCC. The van der Waals surface area contributed by atoms with Crippen molar-refractivity contribution >= 4 is 17.9 Å². The van der Waals surface area contributed by atoms with Crippen molar-refractivity contribution in [1.82, 2.24) is 0 Å². The molecule has 0 amide bonds. The minimum Gasteiger partial charge on any atom is -0.462 e. The average molecular weight is 990 g/mol. The van der Waals surface area contributed by atoms with E-state index in [2.05, 4.69) is 106 Å². The third-order valence-electron chi connectivity index (χ3n) is 12.9. The maximum absolute atomic E-state index is 12.9. The molecular formula is C65H112O6. The zero-order chi connectivity index (χ0) is 51.4. The number of rotatable bonds is 54. The van der Waals surface area contributed by atoms with Gasteiger partial charge in [-0.15, -0.1) is 0 Å². The lowest BCUT2D eigenvalue weighted by atomic mass is 10.0. The minimum absolute atomic E-state index is 0.0891. The van der Waals surface area contributed by atoms with E-state index in [1.807, 2.05) is 0 Å². The van der Waals surface area contributed by atoms with Gasteiger partial charge in [0.1, 0.15) is 13.2 Å². The van der Waals surface area contributed by atoms with Crippen LogP contribution < -0.4 is 0 Å². The topological polar surface area (TPSA) is 78.9 Å². The van der Waals surface area contributed by atoms with E-state index in [0.29, 0.717) is 12.8 Å². The minimum atomic E-state index is -0.795. The lowest BCUT2D eigenvalue weighted by Gasteiger charge is -2.18. The van der Waals surface area contributed by atoms with Crippen LogP contribution in [0.3, 0.4) is 0 Å². The van der Waals surface area contributed by atoms with Gasteiger partial charge in [-0.3, -0.25) is 14.4 Å². The van der Waals surface area contributed by atoms with E-state index in [-0.39, 0.29) is 37.5 Å². The molecule has 0 fully saturated rings. The highest BCUT2D eigenvalue weighted by atomic mass is 16.6. The van der Waals surface area contributed by atoms with Crippen molar-refractivity contribution in [3.63, 3.8) is 0 Å². The van der Waals surface area contributed by atoms with Crippen molar-refractivity contribution in [2.24, 2.45) is 0 Å². The molecule has 0 unspecified atom stereocenters. The zero-order valence-corrected chi connectivity index (χ0v) is 46.7. The second-order valence-electron chi connectivity index (χ2n) is 19.9. The summed E-state index contributed by atoms with van der Waals surface area (Å²) >= 11 is 0. The predicted octanol–water partition coefficient (Wildman–Crippen LogP) is 20.3. The van der Waals surface area contributed by atoms with Crippen LogP contribution in [0.25, 0.3) is 0 Å². The molecule has 0 radical (unpaired) electrons. The highest BCUT2D eigenvalue weighted by Gasteiger charge is 2.19. The van der Waals surface area contributed by atoms with Gasteiger partial charge in [0.15, 0.2) is 6.10 Å². The van der Waals surface area contributed by atoms with Crippen molar-refractivity contribution in [3.05, 3.63) is 85.1 Å². The molecular weight excluding hydrogens is 877 g/mol. The largest absolute Gasteiger partial charge is 0.462 e. The fraction of sp³-hybridized carbons (Fsp3) is 0.738. The molecule has 0 aliphatic carbocycles. The summed E-state index contributed by atoms with van der Waals surface area (Å²) in [6.07, 6.45) is 77.1. The van der Waals surface area contributed by atoms with E-state index in [0.717, 1.165) is 103 Å². The first kappa shape index (κ1) is 67.6. The molecule has 0 aromatic heterocycles. The summed E-state index contributed by atoms with van der Waals surface area (Å²) in [6.45, 7) is 6.50. The maximum Gasteiger partial charge on any atom is 0.306 e. The van der Waals surface area contributed by atoms with Crippen LogP contribution in [0.1, 0.15) is 290 Å². The molecule has 6 heteroatoms. The van der Waals surface area contributed by atoms with Crippen molar-refractivity contribution in [1.29, 1.82) is 0 Å². The summed E-state index contributed by atoms with van der Waals surface area (Å²) in [6, 6.07) is 0. The maximum atomic E-state index is 12.9. The Labute approximate surface area is 439 Å². The Balaban J connectivity index is 4.44. The van der Waals surface area contributed by atoms with Gasteiger partial charge in [0.2, 0.25) is 0 Å². The van der Waals surface area contributed by atoms with Gasteiger partial charge < -0.3 is 14.2 Å². The lowest BCUT2D eigenvalue weighted by molar-refractivity contribution is -0.167. The summed E-state index contributed by atoms with van der Waals surface area (Å²) in [5, 5.41) is 0. The molecule has 0 heterocycles. The number of esters is 3. The molecule has 1 atom stereocenters. The fourth-order valence-electron chi connectivity index (χ4n) is 8.38. The Morgan fingerprint density at radius 2 is 0.549 bits per heavy atom.